The third-order valence-electron chi connectivity index (χ3n) is 4.45. The first-order valence-electron chi connectivity index (χ1n) is 8.74. The van der Waals surface area contributed by atoms with Gasteiger partial charge in [0.25, 0.3) is 5.91 Å². The van der Waals surface area contributed by atoms with E-state index in [0.29, 0.717) is 28.2 Å². The highest BCUT2D eigenvalue weighted by Crippen LogP contribution is 2.26. The lowest BCUT2D eigenvalue weighted by atomic mass is 9.99. The summed E-state index contributed by atoms with van der Waals surface area (Å²) in [6.07, 6.45) is 0. The van der Waals surface area contributed by atoms with E-state index in [-0.39, 0.29) is 5.91 Å². The van der Waals surface area contributed by atoms with Crippen LogP contribution in [0.2, 0.25) is 5.02 Å². The highest BCUT2D eigenvalue weighted by Gasteiger charge is 2.12. The summed E-state index contributed by atoms with van der Waals surface area (Å²) in [6.45, 7) is 4.09. The molecule has 0 atom stereocenters. The number of alkyl halides is 1. The molecule has 0 spiro atoms. The Bertz CT molecular complexity index is 1040. The smallest absolute Gasteiger partial charge is 0.251 e. The Morgan fingerprint density at radius 3 is 2.57 bits per heavy atom. The predicted octanol–water partition coefficient (Wildman–Crippen LogP) is 5.98. The number of hydrogen-bond donors (Lipinski definition) is 1. The van der Waals surface area contributed by atoms with E-state index < -0.39 is 5.95 Å². The summed E-state index contributed by atoms with van der Waals surface area (Å²) in [5.41, 5.74) is 5.65. The molecular formula is C22H19BrClFN2O. The topological polar surface area (TPSA) is 42.0 Å². The molecular weight excluding hydrogens is 443 g/mol. The lowest BCUT2D eigenvalue weighted by Crippen LogP contribution is -2.23. The lowest BCUT2D eigenvalue weighted by molar-refractivity contribution is 0.0951. The zero-order valence-corrected chi connectivity index (χ0v) is 17.9. The van der Waals surface area contributed by atoms with Gasteiger partial charge in [-0.05, 0) is 66.4 Å². The first kappa shape index (κ1) is 20.5. The standard InChI is InChI=1S/C22H19BrClFN2O/c1-13-7-15(3-5-20(13)24)12-26-22(28)18-9-16(11-23)8-17(10-18)19-4-6-21(25)27-14(19)2/h3-10H,11-12H2,1-2H3,(H,26,28). The number of carbonyl (C=O) groups is 1. The quantitative estimate of drug-likeness (QED) is 0.375. The zero-order valence-electron chi connectivity index (χ0n) is 15.5. The first-order chi connectivity index (χ1) is 13.4. The molecule has 0 fully saturated rings. The van der Waals surface area contributed by atoms with Gasteiger partial charge in [-0.25, -0.2) is 4.98 Å². The number of nitrogens with zero attached hydrogens (tertiary/aromatic N) is 1. The number of amides is 1. The molecule has 1 N–H and O–H groups in total. The van der Waals surface area contributed by atoms with Crippen LogP contribution in [-0.4, -0.2) is 10.9 Å². The Labute approximate surface area is 177 Å². The second-order valence-corrected chi connectivity index (χ2v) is 7.55. The van der Waals surface area contributed by atoms with Crippen LogP contribution in [0.25, 0.3) is 11.1 Å². The molecule has 144 valence electrons. The maximum Gasteiger partial charge on any atom is 0.251 e. The fourth-order valence-electron chi connectivity index (χ4n) is 2.99. The minimum absolute atomic E-state index is 0.177. The van der Waals surface area contributed by atoms with Crippen LogP contribution in [0.15, 0.2) is 48.5 Å². The van der Waals surface area contributed by atoms with Gasteiger partial charge in [0.15, 0.2) is 0 Å². The van der Waals surface area contributed by atoms with Gasteiger partial charge in [-0.3, -0.25) is 4.79 Å². The number of nitrogens with one attached hydrogen (secondary N) is 1. The average Bonchev–Trinajstić information content (AvgIpc) is 2.68. The molecule has 1 amide bonds. The molecule has 0 saturated heterocycles. The van der Waals surface area contributed by atoms with E-state index >= 15 is 0 Å². The number of aromatic nitrogens is 1. The number of carbonyl (C=O) groups excluding carboxylic acids is 1. The van der Waals surface area contributed by atoms with E-state index in [4.69, 9.17) is 11.6 Å². The second-order valence-electron chi connectivity index (χ2n) is 6.59. The summed E-state index contributed by atoms with van der Waals surface area (Å²) >= 11 is 9.50. The van der Waals surface area contributed by atoms with E-state index in [1.165, 1.54) is 6.07 Å². The summed E-state index contributed by atoms with van der Waals surface area (Å²) in [5.74, 6) is -0.696. The molecule has 0 aliphatic heterocycles. The number of pyridine rings is 1. The zero-order chi connectivity index (χ0) is 20.3. The number of rotatable bonds is 5. The third kappa shape index (κ3) is 4.78. The predicted molar refractivity (Wildman–Crippen MR) is 114 cm³/mol. The van der Waals surface area contributed by atoms with Gasteiger partial charge in [0.1, 0.15) is 0 Å². The summed E-state index contributed by atoms with van der Waals surface area (Å²) in [6, 6.07) is 14.3. The van der Waals surface area contributed by atoms with Crippen LogP contribution in [0, 0.1) is 19.8 Å². The van der Waals surface area contributed by atoms with Crippen LogP contribution in [0.3, 0.4) is 0 Å². The van der Waals surface area contributed by atoms with Crippen LogP contribution < -0.4 is 5.32 Å². The van der Waals surface area contributed by atoms with Gasteiger partial charge in [-0.15, -0.1) is 0 Å². The highest BCUT2D eigenvalue weighted by molar-refractivity contribution is 9.08. The average molecular weight is 462 g/mol. The molecule has 0 unspecified atom stereocenters. The summed E-state index contributed by atoms with van der Waals surface area (Å²) in [4.78, 5) is 16.6. The van der Waals surface area contributed by atoms with Gasteiger partial charge in [-0.2, -0.15) is 4.39 Å². The van der Waals surface area contributed by atoms with Gasteiger partial charge in [-0.1, -0.05) is 45.7 Å². The Kier molecular flexibility index (Phi) is 6.47. The van der Waals surface area contributed by atoms with Crippen molar-refractivity contribution in [3.8, 4) is 11.1 Å². The van der Waals surface area contributed by atoms with Crippen LogP contribution in [0.4, 0.5) is 4.39 Å². The molecule has 28 heavy (non-hydrogen) atoms. The van der Waals surface area contributed by atoms with E-state index in [9.17, 15) is 9.18 Å². The minimum atomic E-state index is -0.519. The van der Waals surface area contributed by atoms with Gasteiger partial charge in [0.2, 0.25) is 5.95 Å². The second kappa shape index (κ2) is 8.84. The van der Waals surface area contributed by atoms with Gasteiger partial charge in [0, 0.05) is 33.7 Å². The molecule has 0 radical (unpaired) electrons. The largest absolute Gasteiger partial charge is 0.348 e. The SMILES string of the molecule is Cc1cc(CNC(=O)c2cc(CBr)cc(-c3ccc(F)nc3C)c2)ccc1Cl. The Balaban J connectivity index is 1.86. The molecule has 3 aromatic rings. The van der Waals surface area contributed by atoms with Crippen molar-refractivity contribution in [2.75, 3.05) is 0 Å². The summed E-state index contributed by atoms with van der Waals surface area (Å²) in [5, 5.41) is 4.25. The highest BCUT2D eigenvalue weighted by atomic mass is 79.9. The Morgan fingerprint density at radius 1 is 1.11 bits per heavy atom. The summed E-state index contributed by atoms with van der Waals surface area (Å²) in [7, 11) is 0. The van der Waals surface area contributed by atoms with E-state index in [0.717, 1.165) is 27.8 Å². The van der Waals surface area contributed by atoms with Crippen LogP contribution in [-0.2, 0) is 11.9 Å². The number of halogens is 3. The third-order valence-corrected chi connectivity index (χ3v) is 5.52. The molecule has 3 rings (SSSR count). The fraction of sp³-hybridized carbons (Fsp3) is 0.182. The van der Waals surface area contributed by atoms with Gasteiger partial charge in [0.05, 0.1) is 0 Å². The van der Waals surface area contributed by atoms with Crippen molar-refractivity contribution in [2.45, 2.75) is 25.7 Å². The molecule has 0 aliphatic rings. The fourth-order valence-corrected chi connectivity index (χ4v) is 3.43. The maximum atomic E-state index is 13.3. The van der Waals surface area contributed by atoms with Crippen molar-refractivity contribution in [1.82, 2.24) is 10.3 Å². The Morgan fingerprint density at radius 2 is 1.89 bits per heavy atom. The Hall–Kier alpha value is -2.24. The monoisotopic (exact) mass is 460 g/mol. The molecule has 6 heteroatoms. The minimum Gasteiger partial charge on any atom is -0.348 e. The number of hydrogen-bond acceptors (Lipinski definition) is 2. The van der Waals surface area contributed by atoms with E-state index in [2.05, 4.69) is 26.2 Å². The van der Waals surface area contributed by atoms with Gasteiger partial charge >= 0.3 is 0 Å². The summed E-state index contributed by atoms with van der Waals surface area (Å²) < 4.78 is 13.3. The number of benzene rings is 2. The normalized spacial score (nSPS) is 10.8. The van der Waals surface area contributed by atoms with Crippen LogP contribution >= 0.6 is 27.5 Å². The lowest BCUT2D eigenvalue weighted by Gasteiger charge is -2.12. The van der Waals surface area contributed by atoms with Crippen molar-refractivity contribution in [2.24, 2.45) is 0 Å². The van der Waals surface area contributed by atoms with Crippen molar-refractivity contribution in [3.05, 3.63) is 87.4 Å². The number of aryl methyl sites for hydroxylation is 2. The molecule has 1 heterocycles. The molecule has 3 nitrogen and oxygen atoms in total. The van der Waals surface area contributed by atoms with Crippen molar-refractivity contribution in [3.63, 3.8) is 0 Å². The molecule has 0 aliphatic carbocycles. The molecule has 0 saturated carbocycles. The van der Waals surface area contributed by atoms with Crippen molar-refractivity contribution >= 4 is 33.4 Å². The van der Waals surface area contributed by atoms with E-state index in [1.807, 2.05) is 37.3 Å². The van der Waals surface area contributed by atoms with Crippen LogP contribution in [0.5, 0.6) is 0 Å². The van der Waals surface area contributed by atoms with Gasteiger partial charge < -0.3 is 5.32 Å². The maximum absolute atomic E-state index is 13.3. The van der Waals surface area contributed by atoms with Crippen molar-refractivity contribution in [1.29, 1.82) is 0 Å². The molecule has 2 aromatic carbocycles. The molecule has 0 bridgehead atoms. The first-order valence-corrected chi connectivity index (χ1v) is 10.2. The van der Waals surface area contributed by atoms with Crippen molar-refractivity contribution < 1.29 is 9.18 Å². The van der Waals surface area contributed by atoms with Crippen LogP contribution in [0.1, 0.15) is 32.7 Å². The van der Waals surface area contributed by atoms with E-state index in [1.54, 1.807) is 19.1 Å². The molecule has 1 aromatic heterocycles.